The van der Waals surface area contributed by atoms with Crippen molar-refractivity contribution in [3.05, 3.63) is 70.3 Å². The van der Waals surface area contributed by atoms with Gasteiger partial charge in [-0.1, -0.05) is 94.7 Å². The van der Waals surface area contributed by atoms with Gasteiger partial charge in [-0.25, -0.2) is 4.79 Å². The van der Waals surface area contributed by atoms with Crippen LogP contribution in [0, 0.1) is 17.3 Å². The van der Waals surface area contributed by atoms with Crippen LogP contribution < -0.4 is 70.4 Å². The third-order valence-electron chi connectivity index (χ3n) is 19.7. The Morgan fingerprint density at radius 1 is 0.754 bits per heavy atom. The number of fused-ring (bicyclic) bond motifs is 2. The predicted octanol–water partition coefficient (Wildman–Crippen LogP) is -2.99. The van der Waals surface area contributed by atoms with E-state index in [0.717, 1.165) is 23.3 Å². The number of carboxylic acids is 1. The van der Waals surface area contributed by atoms with Crippen molar-refractivity contribution in [2.24, 2.45) is 39.4 Å². The fraction of sp³-hybridized carbons (Fsp3) is 0.575. The molecule has 0 radical (unpaired) electrons. The zero-order valence-corrected chi connectivity index (χ0v) is 67.5. The molecule has 2 aromatic carbocycles. The lowest BCUT2D eigenvalue weighted by Gasteiger charge is -2.36. The quantitative estimate of drug-likeness (QED) is 0.00708. The Kier molecular flexibility index (Phi) is 33.3. The molecule has 3 saturated heterocycles. The summed E-state index contributed by atoms with van der Waals surface area (Å²) in [5, 5.41) is 35.6. The number of aromatic amines is 1. The number of esters is 1. The lowest BCUT2D eigenvalue weighted by molar-refractivity contribution is -0.161. The van der Waals surface area contributed by atoms with Gasteiger partial charge in [-0.05, 0) is 105 Å². The number of benzene rings is 2. The Bertz CT molecular complexity index is 4210. The summed E-state index contributed by atoms with van der Waals surface area (Å²) in [4.78, 5) is 236. The molecule has 14 atom stereocenters. The maximum Gasteiger partial charge on any atom is 0.329 e. The summed E-state index contributed by atoms with van der Waals surface area (Å²) in [6, 6.07) is -7.41. The molecule has 0 saturated carbocycles. The first-order valence-corrected chi connectivity index (χ1v) is 39.6. The van der Waals surface area contributed by atoms with E-state index in [2.05, 4.69) is 79.1 Å². The van der Waals surface area contributed by atoms with Crippen LogP contribution in [-0.4, -0.2) is 256 Å². The van der Waals surface area contributed by atoms with E-state index in [0.29, 0.717) is 39.8 Å². The number of hydrogen-bond acceptors (Lipinski definition) is 20. The Morgan fingerprint density at radius 2 is 1.39 bits per heavy atom. The van der Waals surface area contributed by atoms with Gasteiger partial charge in [0.1, 0.15) is 90.4 Å². The van der Waals surface area contributed by atoms with Gasteiger partial charge in [0.05, 0.1) is 6.42 Å². The topological polar surface area (TPSA) is 593 Å². The highest BCUT2D eigenvalue weighted by molar-refractivity contribution is 9.10. The van der Waals surface area contributed by atoms with Gasteiger partial charge in [-0.15, -0.1) is 0 Å². The van der Waals surface area contributed by atoms with Gasteiger partial charge in [0.25, 0.3) is 10.1 Å². The molecular weight excluding hydrogens is 1580 g/mol. The molecule has 1 aromatic heterocycles. The first-order valence-electron chi connectivity index (χ1n) is 37.2. The fourth-order valence-electron chi connectivity index (χ4n) is 13.4. The number of carbonyl (C=O) groups excluding carboxylic acids is 15. The summed E-state index contributed by atoms with van der Waals surface area (Å²) in [6.45, 7) is 13.4. The number of H-pyrrole nitrogens is 1. The molecule has 41 heteroatoms. The van der Waals surface area contributed by atoms with E-state index in [1.807, 2.05) is 0 Å². The molecule has 0 bridgehead atoms. The average molecular weight is 1680 g/mol. The number of likely N-dealkylation sites (tertiary alicyclic amines) is 1. The SMILES string of the molecule is CC(C)[C@@H](NC(=O)[C@H]1CCCN1C(=O)[C@H](Cc1ccc(Br)cc1)NC(=O)[C@@H](C)NC=O)C(=O)N[C@H](C(=O)N[C@H](Cc1c[nH]c2ccccc12)C(=O)N[C@@H](CCCN=C(N)N)C(=O)N[C@H](CS(=O)(=O)O)C(=O)N[C@@H]1C(=O)N(C)[C@@H](CCC(N)=O)C(=O)N[C@H](C(C)C)C(=O)N2CCC[C@H]2C(=O)N[C@H](CC(=O)O)C(=O)O[C@@H]1C)C(C)(C)C. The minimum absolute atomic E-state index is 0.00435. The molecule has 19 N–H and O–H groups in total. The molecular formula is C73H105BrN18O21S. The number of primary amides is 1. The monoisotopic (exact) mass is 1680 g/mol. The maximum absolute atomic E-state index is 15.3. The van der Waals surface area contributed by atoms with Crippen LogP contribution in [0.25, 0.3) is 10.9 Å². The summed E-state index contributed by atoms with van der Waals surface area (Å²) < 4.78 is 42.8. The molecule has 0 unspecified atom stereocenters. The van der Waals surface area contributed by atoms with Gasteiger partial charge in [0.2, 0.25) is 83.2 Å². The van der Waals surface area contributed by atoms with Crippen LogP contribution in [-0.2, 0) is 104 Å². The summed E-state index contributed by atoms with van der Waals surface area (Å²) in [6.07, 6.45) is -2.57. The van der Waals surface area contributed by atoms with Gasteiger partial charge in [0, 0.05) is 67.5 Å². The molecule has 6 rings (SSSR count). The number of carboxylic acid groups (broad SMARTS) is 1. The minimum atomic E-state index is -5.40. The summed E-state index contributed by atoms with van der Waals surface area (Å²) in [5.41, 5.74) is 17.2. The zero-order chi connectivity index (χ0) is 85.0. The number of guanidine groups is 1. The van der Waals surface area contributed by atoms with Crippen molar-refractivity contribution in [3.8, 4) is 0 Å². The first-order chi connectivity index (χ1) is 53.4. The Hall–Kier alpha value is -10.8. The minimum Gasteiger partial charge on any atom is -0.481 e. The second kappa shape index (κ2) is 41.3. The van der Waals surface area contributed by atoms with Crippen LogP contribution in [0.1, 0.15) is 131 Å². The molecule has 626 valence electrons. The third-order valence-corrected chi connectivity index (χ3v) is 20.9. The highest BCUT2D eigenvalue weighted by atomic mass is 79.9. The lowest BCUT2D eigenvalue weighted by atomic mass is 9.85. The zero-order valence-electron chi connectivity index (χ0n) is 65.1. The summed E-state index contributed by atoms with van der Waals surface area (Å²) >= 11 is 3.39. The summed E-state index contributed by atoms with van der Waals surface area (Å²) in [5.74, 6) is -19.9. The van der Waals surface area contributed by atoms with E-state index < -0.39 is 238 Å². The van der Waals surface area contributed by atoms with Crippen molar-refractivity contribution in [1.82, 2.24) is 72.9 Å². The number of nitrogens with zero attached hydrogens (tertiary/aromatic N) is 4. The standard InChI is InChI=1S/C73H105BrN18O21S/c1-36(2)55(86-65(103)52-20-14-28-91(52)68(106)47(83-59(97)38(5)80-35-93)30-40-21-23-42(74)24-22-40)66(104)89-58(73(7,8)9)67(105)82-46(31-41-33-79-44-17-12-11-16-43(41)44)61(99)81-45(18-13-27-78-72(76)77)60(98)85-49(34-114(110,111)112)62(100)88-57-39(6)113-71(109)48(32-54(95)96)84-64(102)51-19-15-29-92(51)70(108)56(37(3)4)87-63(101)50(25-26-53(75)94)90(10)69(57)107/h11-12,16-17,21-24,33,35-39,45-52,55-58,79H,13-15,18-20,25-32,34H2,1-10H3,(H2,75,94)(H,80,93)(H,81,99)(H,82,105)(H,83,97)(H,84,102)(H,85,98)(H,86,103)(H,87,101)(H,88,100)(H,89,104)(H,95,96)(H4,76,77,78)(H,110,111,112)/t38-,39-,45+,46-,47+,48-,49-,50+,51+,52-,55-,56-,57+,58-/m1/s1. The number of para-hydroxylation sites is 1. The molecule has 3 aliphatic rings. The van der Waals surface area contributed by atoms with Crippen LogP contribution >= 0.6 is 15.9 Å². The average Bonchev–Trinajstić information content (AvgIpc) is 1.44. The highest BCUT2D eigenvalue weighted by Gasteiger charge is 2.47. The summed E-state index contributed by atoms with van der Waals surface area (Å²) in [7, 11) is -4.39. The van der Waals surface area contributed by atoms with E-state index in [1.165, 1.54) is 11.8 Å². The maximum atomic E-state index is 15.3. The van der Waals surface area contributed by atoms with E-state index in [9.17, 15) is 75.6 Å². The van der Waals surface area contributed by atoms with Gasteiger partial charge < -0.3 is 99.9 Å². The van der Waals surface area contributed by atoms with E-state index >= 15 is 19.2 Å². The fourth-order valence-corrected chi connectivity index (χ4v) is 14.3. The molecule has 39 nitrogen and oxygen atoms in total. The highest BCUT2D eigenvalue weighted by Crippen LogP contribution is 2.27. The van der Waals surface area contributed by atoms with Crippen molar-refractivity contribution >= 4 is 138 Å². The molecule has 3 fully saturated rings. The molecule has 4 heterocycles. The number of rotatable bonds is 34. The Balaban J connectivity index is 1.33. The van der Waals surface area contributed by atoms with Gasteiger partial charge in [0.15, 0.2) is 5.96 Å². The first kappa shape index (κ1) is 92.0. The van der Waals surface area contributed by atoms with Crippen LogP contribution in [0.2, 0.25) is 0 Å². The molecule has 3 aromatic rings. The van der Waals surface area contributed by atoms with Crippen LogP contribution in [0.4, 0.5) is 0 Å². The number of halogens is 1. The van der Waals surface area contributed by atoms with Gasteiger partial charge >= 0.3 is 11.9 Å². The number of amides is 14. The number of carbonyl (C=O) groups is 16. The second-order valence-electron chi connectivity index (χ2n) is 30.2. The number of aliphatic carboxylic acids is 1. The van der Waals surface area contributed by atoms with Crippen LogP contribution in [0.5, 0.6) is 0 Å². The second-order valence-corrected chi connectivity index (χ2v) is 32.7. The van der Waals surface area contributed by atoms with E-state index in [-0.39, 0.29) is 58.2 Å². The number of hydrogen-bond donors (Lipinski definition) is 16. The van der Waals surface area contributed by atoms with Gasteiger partial charge in [-0.3, -0.25) is 81.5 Å². The molecule has 3 aliphatic heterocycles. The number of nitrogens with two attached hydrogens (primary N) is 3. The van der Waals surface area contributed by atoms with Crippen molar-refractivity contribution in [3.63, 3.8) is 0 Å². The van der Waals surface area contributed by atoms with Gasteiger partial charge in [-0.2, -0.15) is 8.42 Å². The van der Waals surface area contributed by atoms with Crippen LogP contribution in [0.3, 0.4) is 0 Å². The molecule has 0 spiro atoms. The number of aromatic nitrogens is 1. The molecule has 14 amide bonds. The molecule has 0 aliphatic carbocycles. The predicted molar refractivity (Wildman–Crippen MR) is 414 cm³/mol. The van der Waals surface area contributed by atoms with Crippen LogP contribution in [0.15, 0.2) is 64.2 Å². The normalized spacial score (nSPS) is 21.1. The van der Waals surface area contributed by atoms with Crippen molar-refractivity contribution < 1.29 is 99.5 Å². The van der Waals surface area contributed by atoms with Crippen molar-refractivity contribution in [2.45, 2.75) is 218 Å². The molecule has 114 heavy (non-hydrogen) atoms. The smallest absolute Gasteiger partial charge is 0.329 e. The number of aliphatic imine (C=N–C) groups is 1. The van der Waals surface area contributed by atoms with E-state index in [4.69, 9.17) is 21.9 Å². The number of cyclic esters (lactones) is 1. The third kappa shape index (κ3) is 26.1. The number of ether oxygens (including phenoxy) is 1. The van der Waals surface area contributed by atoms with Crippen molar-refractivity contribution in [1.29, 1.82) is 0 Å². The number of likely N-dealkylation sites (N-methyl/N-ethyl adjacent to an activating group) is 1. The Morgan fingerprint density at radius 3 is 2.00 bits per heavy atom. The lowest BCUT2D eigenvalue weighted by Crippen LogP contribution is -2.64. The Labute approximate surface area is 667 Å². The number of nitrogens with one attached hydrogen (secondary N) is 11. The largest absolute Gasteiger partial charge is 0.481 e. The van der Waals surface area contributed by atoms with Crippen molar-refractivity contribution in [2.75, 3.05) is 32.4 Å². The van der Waals surface area contributed by atoms with E-state index in [1.54, 1.807) is 103 Å².